The molecule has 6 nitrogen and oxygen atoms in total. The summed E-state index contributed by atoms with van der Waals surface area (Å²) in [5.41, 5.74) is 3.98. The van der Waals surface area contributed by atoms with Crippen LogP contribution >= 0.6 is 0 Å². The first-order chi connectivity index (χ1) is 14.1. The third-order valence-corrected chi connectivity index (χ3v) is 6.27. The largest absolute Gasteiger partial charge is 0.487 e. The number of ether oxygens (including phenoxy) is 2. The minimum Gasteiger partial charge on any atom is -0.487 e. The van der Waals surface area contributed by atoms with E-state index in [0.717, 1.165) is 37.7 Å². The molecular formula is C23H30N4O2. The lowest BCUT2D eigenvalue weighted by atomic mass is 9.91. The smallest absolute Gasteiger partial charge is 0.169 e. The highest BCUT2D eigenvalue weighted by molar-refractivity contribution is 5.58. The summed E-state index contributed by atoms with van der Waals surface area (Å²) in [5, 5.41) is 7.27. The molecule has 1 aromatic carbocycles. The van der Waals surface area contributed by atoms with Gasteiger partial charge in [-0.25, -0.2) is 4.98 Å². The summed E-state index contributed by atoms with van der Waals surface area (Å²) in [6.45, 7) is 10.4. The highest BCUT2D eigenvalue weighted by atomic mass is 16.5. The zero-order valence-corrected chi connectivity index (χ0v) is 17.3. The molecule has 0 aliphatic carbocycles. The number of rotatable bonds is 4. The Morgan fingerprint density at radius 2 is 2.07 bits per heavy atom. The molecule has 3 aliphatic rings. The molecule has 0 radical (unpaired) electrons. The van der Waals surface area contributed by atoms with E-state index in [1.165, 1.54) is 16.7 Å². The standard InChI is InChI=1S/C23H30N4O2/c1-16(2)18-5-3-4-6-19(18)20-12-27(10-9-24-20)11-17-7-8-25-22-21(17)29-15-23(26-22)13-28-14-23/h3-8,16,20,24H,9-15H2,1-2H3,(H,25,26). The van der Waals surface area contributed by atoms with Crippen LogP contribution in [-0.2, 0) is 11.3 Å². The highest BCUT2D eigenvalue weighted by Crippen LogP contribution is 2.37. The number of piperazine rings is 1. The average molecular weight is 395 g/mol. The zero-order valence-electron chi connectivity index (χ0n) is 17.3. The highest BCUT2D eigenvalue weighted by Gasteiger charge is 2.43. The Bertz CT molecular complexity index is 881. The van der Waals surface area contributed by atoms with Crippen molar-refractivity contribution in [3.05, 3.63) is 53.2 Å². The molecule has 6 heteroatoms. The lowest BCUT2D eigenvalue weighted by Crippen LogP contribution is -2.61. The number of hydrogen-bond donors (Lipinski definition) is 2. The zero-order chi connectivity index (χ0) is 19.8. The lowest BCUT2D eigenvalue weighted by Gasteiger charge is -2.45. The minimum atomic E-state index is -0.0840. The summed E-state index contributed by atoms with van der Waals surface area (Å²) in [6, 6.07) is 11.3. The lowest BCUT2D eigenvalue weighted by molar-refractivity contribution is -0.0649. The van der Waals surface area contributed by atoms with Gasteiger partial charge in [0.25, 0.3) is 0 Å². The minimum absolute atomic E-state index is 0.0840. The van der Waals surface area contributed by atoms with Crippen molar-refractivity contribution < 1.29 is 9.47 Å². The van der Waals surface area contributed by atoms with E-state index in [2.05, 4.69) is 64.7 Å². The Kier molecular flexibility index (Phi) is 4.94. The second-order valence-corrected chi connectivity index (χ2v) is 8.86. The topological polar surface area (TPSA) is 58.7 Å². The summed E-state index contributed by atoms with van der Waals surface area (Å²) < 4.78 is 11.5. The van der Waals surface area contributed by atoms with Gasteiger partial charge >= 0.3 is 0 Å². The predicted molar refractivity (Wildman–Crippen MR) is 113 cm³/mol. The van der Waals surface area contributed by atoms with Gasteiger partial charge in [-0.05, 0) is 23.1 Å². The summed E-state index contributed by atoms with van der Waals surface area (Å²) in [6.07, 6.45) is 1.89. The number of pyridine rings is 1. The van der Waals surface area contributed by atoms with Gasteiger partial charge in [0.1, 0.15) is 12.1 Å². The molecule has 2 N–H and O–H groups in total. The maximum absolute atomic E-state index is 6.17. The van der Waals surface area contributed by atoms with Gasteiger partial charge in [0.15, 0.2) is 11.6 Å². The molecule has 4 heterocycles. The van der Waals surface area contributed by atoms with Crippen molar-refractivity contribution in [3.8, 4) is 5.75 Å². The van der Waals surface area contributed by atoms with E-state index in [9.17, 15) is 0 Å². The van der Waals surface area contributed by atoms with Crippen molar-refractivity contribution in [2.45, 2.75) is 37.9 Å². The third kappa shape index (κ3) is 3.61. The molecule has 29 heavy (non-hydrogen) atoms. The fourth-order valence-electron chi connectivity index (χ4n) is 4.62. The molecule has 3 aliphatic heterocycles. The molecule has 0 saturated carbocycles. The molecule has 2 aromatic rings. The summed E-state index contributed by atoms with van der Waals surface area (Å²) >= 11 is 0. The van der Waals surface area contributed by atoms with Crippen LogP contribution in [-0.4, -0.2) is 54.9 Å². The van der Waals surface area contributed by atoms with Gasteiger partial charge in [0, 0.05) is 44.0 Å². The Morgan fingerprint density at radius 3 is 2.86 bits per heavy atom. The normalized spacial score (nSPS) is 23.2. The molecule has 5 rings (SSSR count). The van der Waals surface area contributed by atoms with E-state index in [1.807, 2.05) is 6.20 Å². The first kappa shape index (κ1) is 18.9. The molecule has 1 unspecified atom stereocenters. The van der Waals surface area contributed by atoms with Gasteiger partial charge in [-0.15, -0.1) is 0 Å². The van der Waals surface area contributed by atoms with E-state index >= 15 is 0 Å². The molecule has 1 atom stereocenters. The van der Waals surface area contributed by atoms with Crippen molar-refractivity contribution in [3.63, 3.8) is 0 Å². The fourth-order valence-corrected chi connectivity index (χ4v) is 4.62. The number of fused-ring (bicyclic) bond motifs is 1. The van der Waals surface area contributed by atoms with Crippen molar-refractivity contribution in [1.29, 1.82) is 0 Å². The van der Waals surface area contributed by atoms with Crippen molar-refractivity contribution in [2.75, 3.05) is 44.8 Å². The van der Waals surface area contributed by atoms with Crippen molar-refractivity contribution in [1.82, 2.24) is 15.2 Å². The summed E-state index contributed by atoms with van der Waals surface area (Å²) in [4.78, 5) is 7.04. The van der Waals surface area contributed by atoms with E-state index in [1.54, 1.807) is 0 Å². The fraction of sp³-hybridized carbons (Fsp3) is 0.522. The van der Waals surface area contributed by atoms with E-state index in [4.69, 9.17) is 9.47 Å². The molecular weight excluding hydrogens is 364 g/mol. The molecule has 2 fully saturated rings. The number of nitrogens with zero attached hydrogens (tertiary/aromatic N) is 2. The molecule has 2 saturated heterocycles. The van der Waals surface area contributed by atoms with E-state index in [0.29, 0.717) is 31.8 Å². The van der Waals surface area contributed by atoms with Crippen LogP contribution in [0.15, 0.2) is 36.5 Å². The number of aromatic nitrogens is 1. The van der Waals surface area contributed by atoms with Gasteiger partial charge in [-0.2, -0.15) is 0 Å². The third-order valence-electron chi connectivity index (χ3n) is 6.27. The maximum atomic E-state index is 6.17. The second-order valence-electron chi connectivity index (χ2n) is 8.86. The molecule has 154 valence electrons. The van der Waals surface area contributed by atoms with Gasteiger partial charge in [0.05, 0.1) is 13.2 Å². The number of hydrogen-bond acceptors (Lipinski definition) is 6. The summed E-state index contributed by atoms with van der Waals surface area (Å²) in [7, 11) is 0. The van der Waals surface area contributed by atoms with E-state index in [-0.39, 0.29) is 5.54 Å². The van der Waals surface area contributed by atoms with Gasteiger partial charge < -0.3 is 20.1 Å². The molecule has 1 aromatic heterocycles. The summed E-state index contributed by atoms with van der Waals surface area (Å²) in [5.74, 6) is 2.29. The van der Waals surface area contributed by atoms with Gasteiger partial charge in [0.2, 0.25) is 0 Å². The SMILES string of the molecule is CC(C)c1ccccc1C1CN(Cc2ccnc3c2OCC2(COC2)N3)CCN1. The van der Waals surface area contributed by atoms with Crippen molar-refractivity contribution >= 4 is 5.82 Å². The molecule has 0 bridgehead atoms. The molecule has 0 amide bonds. The van der Waals surface area contributed by atoms with Crippen LogP contribution in [0.1, 0.15) is 42.5 Å². The van der Waals surface area contributed by atoms with Crippen LogP contribution in [0.5, 0.6) is 5.75 Å². The maximum Gasteiger partial charge on any atom is 0.169 e. The first-order valence-corrected chi connectivity index (χ1v) is 10.6. The quantitative estimate of drug-likeness (QED) is 0.832. The van der Waals surface area contributed by atoms with Crippen LogP contribution in [0.4, 0.5) is 5.82 Å². The number of nitrogens with one attached hydrogen (secondary N) is 2. The van der Waals surface area contributed by atoms with Crippen LogP contribution in [0.25, 0.3) is 0 Å². The number of benzene rings is 1. The van der Waals surface area contributed by atoms with Crippen LogP contribution in [0, 0.1) is 0 Å². The van der Waals surface area contributed by atoms with E-state index < -0.39 is 0 Å². The van der Waals surface area contributed by atoms with Gasteiger partial charge in [-0.3, -0.25) is 4.90 Å². The van der Waals surface area contributed by atoms with Gasteiger partial charge in [-0.1, -0.05) is 38.1 Å². The molecule has 1 spiro atoms. The van der Waals surface area contributed by atoms with Crippen LogP contribution < -0.4 is 15.4 Å². The van der Waals surface area contributed by atoms with Crippen LogP contribution in [0.3, 0.4) is 0 Å². The Labute approximate surface area is 172 Å². The number of anilines is 1. The first-order valence-electron chi connectivity index (χ1n) is 10.6. The predicted octanol–water partition coefficient (Wildman–Crippen LogP) is 2.92. The second kappa shape index (κ2) is 7.59. The monoisotopic (exact) mass is 394 g/mol. The van der Waals surface area contributed by atoms with Crippen LogP contribution in [0.2, 0.25) is 0 Å². The Balaban J connectivity index is 1.33. The Hall–Kier alpha value is -2.15. The Morgan fingerprint density at radius 1 is 1.21 bits per heavy atom. The van der Waals surface area contributed by atoms with Crippen molar-refractivity contribution in [2.24, 2.45) is 0 Å². The average Bonchev–Trinajstić information content (AvgIpc) is 2.72.